The van der Waals surface area contributed by atoms with Gasteiger partial charge >= 0.3 is 0 Å². The van der Waals surface area contributed by atoms with Gasteiger partial charge in [0.2, 0.25) is 0 Å². The van der Waals surface area contributed by atoms with Crippen molar-refractivity contribution < 1.29 is 9.84 Å². The van der Waals surface area contributed by atoms with Crippen LogP contribution in [0.2, 0.25) is 10.0 Å². The Labute approximate surface area is 111 Å². The Morgan fingerprint density at radius 3 is 2.59 bits per heavy atom. The minimum absolute atomic E-state index is 0.426. The zero-order chi connectivity index (χ0) is 12.5. The lowest BCUT2D eigenvalue weighted by atomic mass is 9.91. The lowest BCUT2D eigenvalue weighted by molar-refractivity contribution is -0.0767. The summed E-state index contributed by atoms with van der Waals surface area (Å²) in [5.41, 5.74) is 0.322. The Morgan fingerprint density at radius 1 is 1.41 bits per heavy atom. The van der Waals surface area contributed by atoms with Crippen LogP contribution in [0, 0.1) is 0 Å². The van der Waals surface area contributed by atoms with Gasteiger partial charge in [0.25, 0.3) is 0 Å². The van der Waals surface area contributed by atoms with Gasteiger partial charge in [-0.2, -0.15) is 0 Å². The third kappa shape index (κ3) is 2.76. The maximum absolute atomic E-state index is 10.3. The van der Waals surface area contributed by atoms with Crippen molar-refractivity contribution in [3.05, 3.63) is 33.8 Å². The number of benzene rings is 1. The van der Waals surface area contributed by atoms with Crippen molar-refractivity contribution >= 4 is 23.2 Å². The first-order chi connectivity index (χ1) is 8.03. The molecule has 1 N–H and O–H groups in total. The summed E-state index contributed by atoms with van der Waals surface area (Å²) in [7, 11) is 0. The Balaban J connectivity index is 2.15. The SMILES string of the molecule is CC1(C(O)Cc2c(Cl)cccc2Cl)CCCO1. The Morgan fingerprint density at radius 2 is 2.06 bits per heavy atom. The number of hydrogen-bond acceptors (Lipinski definition) is 2. The third-order valence-corrected chi connectivity index (χ3v) is 4.12. The quantitative estimate of drug-likeness (QED) is 0.915. The van der Waals surface area contributed by atoms with Gasteiger partial charge in [-0.3, -0.25) is 0 Å². The first-order valence-electron chi connectivity index (χ1n) is 5.78. The molecule has 1 fully saturated rings. The highest BCUT2D eigenvalue weighted by Crippen LogP contribution is 2.33. The van der Waals surface area contributed by atoms with Crippen LogP contribution in [0.4, 0.5) is 0 Å². The van der Waals surface area contributed by atoms with Crippen molar-refractivity contribution in [3.63, 3.8) is 0 Å². The molecule has 1 aliphatic heterocycles. The summed E-state index contributed by atoms with van der Waals surface area (Å²) < 4.78 is 5.62. The van der Waals surface area contributed by atoms with Crippen LogP contribution in [0.15, 0.2) is 18.2 Å². The zero-order valence-corrected chi connectivity index (χ0v) is 11.3. The summed E-state index contributed by atoms with van der Waals surface area (Å²) >= 11 is 12.2. The van der Waals surface area contributed by atoms with Crippen LogP contribution in [0.5, 0.6) is 0 Å². The number of aliphatic hydroxyl groups excluding tert-OH is 1. The van der Waals surface area contributed by atoms with Crippen molar-refractivity contribution in [3.8, 4) is 0 Å². The van der Waals surface area contributed by atoms with E-state index in [1.54, 1.807) is 18.2 Å². The number of aliphatic hydroxyl groups is 1. The second-order valence-corrected chi connectivity index (χ2v) is 5.50. The minimum atomic E-state index is -0.581. The van der Waals surface area contributed by atoms with Gasteiger partial charge in [-0.15, -0.1) is 0 Å². The van der Waals surface area contributed by atoms with Crippen LogP contribution in [0.1, 0.15) is 25.3 Å². The molecular formula is C13H16Cl2O2. The van der Waals surface area contributed by atoms with E-state index in [0.717, 1.165) is 18.4 Å². The van der Waals surface area contributed by atoms with Gasteiger partial charge in [-0.05, 0) is 37.5 Å². The number of rotatable bonds is 3. The lowest BCUT2D eigenvalue weighted by Gasteiger charge is -2.29. The molecule has 0 radical (unpaired) electrons. The molecule has 17 heavy (non-hydrogen) atoms. The topological polar surface area (TPSA) is 29.5 Å². The smallest absolute Gasteiger partial charge is 0.0916 e. The highest BCUT2D eigenvalue weighted by molar-refractivity contribution is 6.35. The van der Waals surface area contributed by atoms with Gasteiger partial charge in [-0.25, -0.2) is 0 Å². The predicted octanol–water partition coefficient (Wildman–Crippen LogP) is 3.47. The van der Waals surface area contributed by atoms with Gasteiger partial charge in [-0.1, -0.05) is 29.3 Å². The molecule has 2 unspecified atom stereocenters. The van der Waals surface area contributed by atoms with E-state index in [9.17, 15) is 5.11 Å². The predicted molar refractivity (Wildman–Crippen MR) is 69.8 cm³/mol. The molecule has 1 aliphatic rings. The van der Waals surface area contributed by atoms with Crippen molar-refractivity contribution in [1.29, 1.82) is 0 Å². The van der Waals surface area contributed by atoms with Gasteiger partial charge < -0.3 is 9.84 Å². The number of halogens is 2. The molecule has 0 saturated carbocycles. The maximum atomic E-state index is 10.3. The Bertz CT molecular complexity index is 380. The molecule has 2 rings (SSSR count). The molecule has 1 heterocycles. The largest absolute Gasteiger partial charge is 0.390 e. The summed E-state index contributed by atoms with van der Waals surface area (Å²) in [6, 6.07) is 5.37. The fourth-order valence-electron chi connectivity index (χ4n) is 2.20. The van der Waals surface area contributed by atoms with Crippen molar-refractivity contribution in [1.82, 2.24) is 0 Å². The molecule has 2 nitrogen and oxygen atoms in total. The number of hydrogen-bond donors (Lipinski definition) is 1. The highest BCUT2D eigenvalue weighted by Gasteiger charge is 2.37. The van der Waals surface area contributed by atoms with E-state index in [1.165, 1.54) is 0 Å². The number of ether oxygens (including phenoxy) is 1. The summed E-state index contributed by atoms with van der Waals surface area (Å²) in [4.78, 5) is 0. The lowest BCUT2D eigenvalue weighted by Crippen LogP contribution is -2.40. The molecule has 1 aromatic rings. The molecular weight excluding hydrogens is 259 g/mol. The molecule has 0 amide bonds. The van der Waals surface area contributed by atoms with Crippen LogP contribution < -0.4 is 0 Å². The molecule has 0 spiro atoms. The van der Waals surface area contributed by atoms with Crippen molar-refractivity contribution in [2.45, 2.75) is 37.9 Å². The van der Waals surface area contributed by atoms with E-state index in [4.69, 9.17) is 27.9 Å². The van der Waals surface area contributed by atoms with Crippen LogP contribution in [0.3, 0.4) is 0 Å². The van der Waals surface area contributed by atoms with E-state index in [0.29, 0.717) is 23.1 Å². The van der Waals surface area contributed by atoms with E-state index in [2.05, 4.69) is 0 Å². The van der Waals surface area contributed by atoms with E-state index in [-0.39, 0.29) is 0 Å². The molecule has 2 atom stereocenters. The summed E-state index contributed by atoms with van der Waals surface area (Å²) in [6.07, 6.45) is 1.71. The van der Waals surface area contributed by atoms with Crippen LogP contribution in [-0.4, -0.2) is 23.4 Å². The zero-order valence-electron chi connectivity index (χ0n) is 9.75. The van der Waals surface area contributed by atoms with Crippen LogP contribution >= 0.6 is 23.2 Å². The van der Waals surface area contributed by atoms with Crippen molar-refractivity contribution in [2.75, 3.05) is 6.61 Å². The molecule has 0 aromatic heterocycles. The fraction of sp³-hybridized carbons (Fsp3) is 0.538. The molecule has 94 valence electrons. The average Bonchev–Trinajstić information content (AvgIpc) is 2.72. The van der Waals surface area contributed by atoms with E-state index >= 15 is 0 Å². The molecule has 1 aromatic carbocycles. The molecule has 0 bridgehead atoms. The molecule has 1 saturated heterocycles. The summed E-state index contributed by atoms with van der Waals surface area (Å²) in [5, 5.41) is 11.5. The second kappa shape index (κ2) is 5.15. The van der Waals surface area contributed by atoms with Crippen LogP contribution in [0.25, 0.3) is 0 Å². The van der Waals surface area contributed by atoms with Gasteiger partial charge in [0.15, 0.2) is 0 Å². The summed E-state index contributed by atoms with van der Waals surface area (Å²) in [6.45, 7) is 2.65. The van der Waals surface area contributed by atoms with Crippen LogP contribution in [-0.2, 0) is 11.2 Å². The normalized spacial score (nSPS) is 26.1. The van der Waals surface area contributed by atoms with Gasteiger partial charge in [0, 0.05) is 23.1 Å². The first-order valence-corrected chi connectivity index (χ1v) is 6.53. The maximum Gasteiger partial charge on any atom is 0.0916 e. The van der Waals surface area contributed by atoms with Crippen molar-refractivity contribution in [2.24, 2.45) is 0 Å². The average molecular weight is 275 g/mol. The molecule has 4 heteroatoms. The van der Waals surface area contributed by atoms with Gasteiger partial charge in [0.1, 0.15) is 0 Å². The second-order valence-electron chi connectivity index (χ2n) is 4.68. The Kier molecular flexibility index (Phi) is 3.99. The Hall–Kier alpha value is -0.280. The van der Waals surface area contributed by atoms with E-state index < -0.39 is 11.7 Å². The summed E-state index contributed by atoms with van der Waals surface area (Å²) in [5.74, 6) is 0. The van der Waals surface area contributed by atoms with E-state index in [1.807, 2.05) is 6.92 Å². The standard InChI is InChI=1S/C13H16Cl2O2/c1-13(6-3-7-17-13)12(16)8-9-10(14)4-2-5-11(9)15/h2,4-5,12,16H,3,6-8H2,1H3. The highest BCUT2D eigenvalue weighted by atomic mass is 35.5. The third-order valence-electron chi connectivity index (χ3n) is 3.41. The monoisotopic (exact) mass is 274 g/mol. The fourth-order valence-corrected chi connectivity index (χ4v) is 2.75. The van der Waals surface area contributed by atoms with Gasteiger partial charge in [0.05, 0.1) is 11.7 Å². The first kappa shape index (κ1) is 13.2. The minimum Gasteiger partial charge on any atom is -0.390 e. The molecule has 0 aliphatic carbocycles.